The summed E-state index contributed by atoms with van der Waals surface area (Å²) in [6.45, 7) is 0.764. The van der Waals surface area contributed by atoms with Crippen LogP contribution in [0.15, 0.2) is 60.7 Å². The third-order valence-corrected chi connectivity index (χ3v) is 5.56. The fraction of sp³-hybridized carbons (Fsp3) is 0.273. The molecule has 1 heterocycles. The van der Waals surface area contributed by atoms with Crippen molar-refractivity contribution in [1.29, 1.82) is 0 Å². The lowest BCUT2D eigenvalue weighted by Gasteiger charge is -2.27. The Kier molecular flexibility index (Phi) is 2.86. The smallest absolute Gasteiger partial charge is 0.0945 e. The van der Waals surface area contributed by atoms with Gasteiger partial charge >= 0.3 is 0 Å². The SMILES string of the molecule is c1ccc(-c2c3c(cc4ccccc24)COC32CCCC2)cc1. The van der Waals surface area contributed by atoms with Gasteiger partial charge in [-0.2, -0.15) is 0 Å². The van der Waals surface area contributed by atoms with Crippen LogP contribution in [0.25, 0.3) is 21.9 Å². The van der Waals surface area contributed by atoms with Crippen LogP contribution in [0.5, 0.6) is 0 Å². The second-order valence-corrected chi connectivity index (χ2v) is 6.86. The average Bonchev–Trinajstić information content (AvgIpc) is 3.22. The van der Waals surface area contributed by atoms with Gasteiger partial charge in [0.05, 0.1) is 12.2 Å². The van der Waals surface area contributed by atoms with E-state index in [0.717, 1.165) is 19.4 Å². The summed E-state index contributed by atoms with van der Waals surface area (Å²) in [6.07, 6.45) is 4.89. The van der Waals surface area contributed by atoms with Crippen LogP contribution in [0.3, 0.4) is 0 Å². The second-order valence-electron chi connectivity index (χ2n) is 6.86. The Bertz CT molecular complexity index is 873. The van der Waals surface area contributed by atoms with Gasteiger partial charge < -0.3 is 4.74 Å². The van der Waals surface area contributed by atoms with E-state index in [1.54, 1.807) is 0 Å². The maximum absolute atomic E-state index is 6.41. The molecule has 114 valence electrons. The quantitative estimate of drug-likeness (QED) is 0.551. The Morgan fingerprint density at radius 1 is 0.826 bits per heavy atom. The molecule has 1 aliphatic carbocycles. The highest BCUT2D eigenvalue weighted by Gasteiger charge is 2.44. The standard InChI is InChI=1S/C22H20O/c1-2-8-16(9-3-1)20-19-11-5-4-10-17(19)14-18-15-23-22(21(18)20)12-6-7-13-22/h1-5,8-11,14H,6-7,12-13,15H2. The number of fused-ring (bicyclic) bond motifs is 3. The zero-order valence-corrected chi connectivity index (χ0v) is 13.2. The molecule has 2 aliphatic rings. The Morgan fingerprint density at radius 2 is 1.57 bits per heavy atom. The Hall–Kier alpha value is -2.12. The predicted octanol–water partition coefficient (Wildman–Crippen LogP) is 5.81. The van der Waals surface area contributed by atoms with Crippen molar-refractivity contribution in [3.8, 4) is 11.1 Å². The van der Waals surface area contributed by atoms with Crippen LogP contribution in [-0.2, 0) is 16.9 Å². The molecule has 0 radical (unpaired) electrons. The number of hydrogen-bond donors (Lipinski definition) is 0. The zero-order chi connectivity index (χ0) is 15.3. The van der Waals surface area contributed by atoms with Crippen molar-refractivity contribution in [2.24, 2.45) is 0 Å². The summed E-state index contributed by atoms with van der Waals surface area (Å²) in [4.78, 5) is 0. The van der Waals surface area contributed by atoms with E-state index in [2.05, 4.69) is 60.7 Å². The Morgan fingerprint density at radius 3 is 2.39 bits per heavy atom. The van der Waals surface area contributed by atoms with E-state index < -0.39 is 0 Å². The third-order valence-electron chi connectivity index (χ3n) is 5.56. The van der Waals surface area contributed by atoms with Crippen LogP contribution in [0.4, 0.5) is 0 Å². The lowest BCUT2D eigenvalue weighted by molar-refractivity contribution is -0.0321. The van der Waals surface area contributed by atoms with Crippen LogP contribution in [0.1, 0.15) is 36.8 Å². The summed E-state index contributed by atoms with van der Waals surface area (Å²) in [7, 11) is 0. The van der Waals surface area contributed by atoms with E-state index in [9.17, 15) is 0 Å². The molecule has 0 amide bonds. The molecular weight excluding hydrogens is 280 g/mol. The molecule has 0 aromatic heterocycles. The highest BCUT2D eigenvalue weighted by atomic mass is 16.5. The summed E-state index contributed by atoms with van der Waals surface area (Å²) in [5.74, 6) is 0. The molecule has 1 aliphatic heterocycles. The van der Waals surface area contributed by atoms with Crippen molar-refractivity contribution in [3.63, 3.8) is 0 Å². The minimum absolute atomic E-state index is 0.0372. The first-order valence-electron chi connectivity index (χ1n) is 8.62. The van der Waals surface area contributed by atoms with Gasteiger partial charge in [-0.15, -0.1) is 0 Å². The van der Waals surface area contributed by atoms with Crippen molar-refractivity contribution >= 4 is 10.8 Å². The molecule has 1 fully saturated rings. The zero-order valence-electron chi connectivity index (χ0n) is 13.2. The molecule has 3 aromatic rings. The molecule has 0 atom stereocenters. The van der Waals surface area contributed by atoms with Gasteiger partial charge in [-0.05, 0) is 51.9 Å². The van der Waals surface area contributed by atoms with E-state index in [1.807, 2.05) is 0 Å². The number of benzene rings is 3. The van der Waals surface area contributed by atoms with Crippen molar-refractivity contribution in [2.45, 2.75) is 37.9 Å². The number of ether oxygens (including phenoxy) is 1. The highest BCUT2D eigenvalue weighted by molar-refractivity contribution is 5.99. The van der Waals surface area contributed by atoms with E-state index >= 15 is 0 Å². The topological polar surface area (TPSA) is 9.23 Å². The monoisotopic (exact) mass is 300 g/mol. The van der Waals surface area contributed by atoms with Crippen molar-refractivity contribution < 1.29 is 4.74 Å². The largest absolute Gasteiger partial charge is 0.366 e. The highest BCUT2D eigenvalue weighted by Crippen LogP contribution is 2.53. The first kappa shape index (κ1) is 13.3. The van der Waals surface area contributed by atoms with Crippen LogP contribution in [0, 0.1) is 0 Å². The molecule has 3 aromatic carbocycles. The molecule has 5 rings (SSSR count). The molecular formula is C22H20O. The minimum Gasteiger partial charge on any atom is -0.366 e. The van der Waals surface area contributed by atoms with Gasteiger partial charge in [-0.3, -0.25) is 0 Å². The summed E-state index contributed by atoms with van der Waals surface area (Å²) in [5.41, 5.74) is 5.55. The normalized spacial score (nSPS) is 18.6. The molecule has 0 bridgehead atoms. The molecule has 23 heavy (non-hydrogen) atoms. The second kappa shape index (κ2) is 4.94. The van der Waals surface area contributed by atoms with Crippen LogP contribution < -0.4 is 0 Å². The van der Waals surface area contributed by atoms with Gasteiger partial charge in [0.2, 0.25) is 0 Å². The van der Waals surface area contributed by atoms with Crippen molar-refractivity contribution in [2.75, 3.05) is 0 Å². The molecule has 0 N–H and O–H groups in total. The van der Waals surface area contributed by atoms with Gasteiger partial charge in [0.1, 0.15) is 0 Å². The summed E-state index contributed by atoms with van der Waals surface area (Å²) >= 11 is 0. The third kappa shape index (κ3) is 1.90. The lowest BCUT2D eigenvalue weighted by Crippen LogP contribution is -2.21. The summed E-state index contributed by atoms with van der Waals surface area (Å²) < 4.78 is 6.41. The molecule has 1 spiro atoms. The molecule has 1 saturated carbocycles. The fourth-order valence-corrected chi connectivity index (χ4v) is 4.57. The van der Waals surface area contributed by atoms with Gasteiger partial charge in [-0.1, -0.05) is 67.4 Å². The molecule has 1 heteroatoms. The van der Waals surface area contributed by atoms with E-state index in [-0.39, 0.29) is 5.60 Å². The molecule has 0 saturated heterocycles. The van der Waals surface area contributed by atoms with Crippen LogP contribution in [0.2, 0.25) is 0 Å². The number of hydrogen-bond acceptors (Lipinski definition) is 1. The minimum atomic E-state index is -0.0372. The van der Waals surface area contributed by atoms with Gasteiger partial charge in [0, 0.05) is 0 Å². The summed E-state index contributed by atoms with van der Waals surface area (Å²) in [5, 5.41) is 2.68. The van der Waals surface area contributed by atoms with E-state index in [4.69, 9.17) is 4.74 Å². The van der Waals surface area contributed by atoms with Crippen LogP contribution in [-0.4, -0.2) is 0 Å². The maximum Gasteiger partial charge on any atom is 0.0945 e. The van der Waals surface area contributed by atoms with E-state index in [1.165, 1.54) is 45.9 Å². The van der Waals surface area contributed by atoms with Gasteiger partial charge in [-0.25, -0.2) is 0 Å². The van der Waals surface area contributed by atoms with E-state index in [0.29, 0.717) is 0 Å². The van der Waals surface area contributed by atoms with Crippen molar-refractivity contribution in [1.82, 2.24) is 0 Å². The van der Waals surface area contributed by atoms with Crippen molar-refractivity contribution in [3.05, 3.63) is 71.8 Å². The average molecular weight is 300 g/mol. The van der Waals surface area contributed by atoms with Gasteiger partial charge in [0.25, 0.3) is 0 Å². The maximum atomic E-state index is 6.41. The number of rotatable bonds is 1. The molecule has 1 nitrogen and oxygen atoms in total. The Labute approximate surface area is 136 Å². The first-order chi connectivity index (χ1) is 11.4. The molecule has 0 unspecified atom stereocenters. The van der Waals surface area contributed by atoms with Crippen LogP contribution >= 0.6 is 0 Å². The first-order valence-corrected chi connectivity index (χ1v) is 8.62. The van der Waals surface area contributed by atoms with Gasteiger partial charge in [0.15, 0.2) is 0 Å². The summed E-state index contributed by atoms with van der Waals surface area (Å²) in [6, 6.07) is 22.0. The predicted molar refractivity (Wildman–Crippen MR) is 94.3 cm³/mol. The lowest BCUT2D eigenvalue weighted by atomic mass is 9.81. The fourth-order valence-electron chi connectivity index (χ4n) is 4.57. The Balaban J connectivity index is 1.90.